The fraction of sp³-hybridized carbons (Fsp3) is 0.955. The van der Waals surface area contributed by atoms with Crippen molar-refractivity contribution in [2.75, 3.05) is 33.2 Å². The third-order valence-corrected chi connectivity index (χ3v) is 8.20. The summed E-state index contributed by atoms with van der Waals surface area (Å²) in [4.78, 5) is 18.0. The van der Waals surface area contributed by atoms with Crippen molar-refractivity contribution in [2.24, 2.45) is 17.8 Å². The lowest BCUT2D eigenvalue weighted by Crippen LogP contribution is -2.55. The number of halogens is 1. The standard InChI is InChI=1S/C22H39FN4O/c1-14-4-6-16(27-10-8-26(3)9-11-27)12-19(14)25-22(28)20-13-17-18(23)7-5-15(2)21(17)24-20/h14-21,24H,4-13H2,1-3H3,(H,25,28). The van der Waals surface area contributed by atoms with Gasteiger partial charge in [0.15, 0.2) is 0 Å². The van der Waals surface area contributed by atoms with Crippen molar-refractivity contribution in [3.63, 3.8) is 0 Å². The van der Waals surface area contributed by atoms with Crippen LogP contribution in [-0.4, -0.2) is 79.3 Å². The normalized spacial score (nSPS) is 45.6. The average molecular weight is 395 g/mol. The third kappa shape index (κ3) is 4.24. The maximum atomic E-state index is 14.4. The number of carbonyl (C=O) groups excluding carboxylic acids is 1. The van der Waals surface area contributed by atoms with Gasteiger partial charge in [-0.2, -0.15) is 0 Å². The Kier molecular flexibility index (Phi) is 6.29. The van der Waals surface area contributed by atoms with Crippen LogP contribution < -0.4 is 10.6 Å². The van der Waals surface area contributed by atoms with Gasteiger partial charge in [-0.3, -0.25) is 9.69 Å². The van der Waals surface area contributed by atoms with Gasteiger partial charge < -0.3 is 15.5 Å². The van der Waals surface area contributed by atoms with Gasteiger partial charge in [0.05, 0.1) is 6.04 Å². The number of piperazine rings is 1. The minimum Gasteiger partial charge on any atom is -0.352 e. The van der Waals surface area contributed by atoms with E-state index in [2.05, 4.69) is 41.3 Å². The van der Waals surface area contributed by atoms with E-state index in [1.807, 2.05) is 0 Å². The molecule has 0 aromatic rings. The maximum Gasteiger partial charge on any atom is 0.237 e. The SMILES string of the molecule is CC1CCC(N2CCN(C)CC2)CC1NC(=O)C1CC2C(F)CCC(C)C2N1. The summed E-state index contributed by atoms with van der Waals surface area (Å²) in [6, 6.07) is 0.782. The Morgan fingerprint density at radius 2 is 1.71 bits per heavy atom. The molecule has 8 atom stereocenters. The molecule has 0 radical (unpaired) electrons. The number of amides is 1. The first kappa shape index (κ1) is 20.5. The highest BCUT2D eigenvalue weighted by molar-refractivity contribution is 5.82. The summed E-state index contributed by atoms with van der Waals surface area (Å²) in [5.74, 6) is 1.10. The minimum absolute atomic E-state index is 0.0152. The predicted molar refractivity (Wildman–Crippen MR) is 110 cm³/mol. The highest BCUT2D eigenvalue weighted by Gasteiger charge is 2.46. The van der Waals surface area contributed by atoms with Gasteiger partial charge in [-0.15, -0.1) is 0 Å². The van der Waals surface area contributed by atoms with Crippen LogP contribution in [0.3, 0.4) is 0 Å². The second kappa shape index (κ2) is 8.57. The van der Waals surface area contributed by atoms with Crippen LogP contribution in [0.15, 0.2) is 0 Å². The number of hydrogen-bond acceptors (Lipinski definition) is 4. The van der Waals surface area contributed by atoms with Gasteiger partial charge in [-0.25, -0.2) is 4.39 Å². The highest BCUT2D eigenvalue weighted by Crippen LogP contribution is 2.39. The van der Waals surface area contributed by atoms with E-state index in [1.165, 1.54) is 12.8 Å². The first-order valence-corrected chi connectivity index (χ1v) is 11.6. The quantitative estimate of drug-likeness (QED) is 0.769. The predicted octanol–water partition coefficient (Wildman–Crippen LogP) is 2.02. The molecule has 2 aliphatic heterocycles. The van der Waals surface area contributed by atoms with Crippen LogP contribution >= 0.6 is 0 Å². The first-order valence-electron chi connectivity index (χ1n) is 11.6. The van der Waals surface area contributed by atoms with Crippen molar-refractivity contribution in [1.29, 1.82) is 0 Å². The van der Waals surface area contributed by atoms with Crippen LogP contribution in [0.5, 0.6) is 0 Å². The van der Waals surface area contributed by atoms with Gasteiger partial charge in [0, 0.05) is 50.2 Å². The number of alkyl halides is 1. The number of carbonyl (C=O) groups is 1. The Morgan fingerprint density at radius 3 is 2.43 bits per heavy atom. The maximum absolute atomic E-state index is 14.4. The minimum atomic E-state index is -0.748. The van der Waals surface area contributed by atoms with Crippen molar-refractivity contribution in [1.82, 2.24) is 20.4 Å². The molecule has 4 fully saturated rings. The number of likely N-dealkylation sites (N-methyl/N-ethyl adjacent to an activating group) is 1. The molecule has 4 aliphatic rings. The van der Waals surface area contributed by atoms with Crippen LogP contribution in [-0.2, 0) is 4.79 Å². The molecule has 5 nitrogen and oxygen atoms in total. The molecule has 0 spiro atoms. The molecule has 2 saturated carbocycles. The van der Waals surface area contributed by atoms with Gasteiger partial charge in [-0.1, -0.05) is 13.8 Å². The van der Waals surface area contributed by atoms with Crippen molar-refractivity contribution >= 4 is 5.91 Å². The largest absolute Gasteiger partial charge is 0.352 e. The van der Waals surface area contributed by atoms with Crippen molar-refractivity contribution in [2.45, 2.75) is 82.7 Å². The van der Waals surface area contributed by atoms with Crippen LogP contribution in [0.25, 0.3) is 0 Å². The number of fused-ring (bicyclic) bond motifs is 1. The molecule has 28 heavy (non-hydrogen) atoms. The monoisotopic (exact) mass is 394 g/mol. The van der Waals surface area contributed by atoms with E-state index >= 15 is 0 Å². The lowest BCUT2D eigenvalue weighted by atomic mass is 9.77. The van der Waals surface area contributed by atoms with E-state index in [-0.39, 0.29) is 30.0 Å². The lowest BCUT2D eigenvalue weighted by Gasteiger charge is -2.43. The van der Waals surface area contributed by atoms with Crippen molar-refractivity contribution in [3.8, 4) is 0 Å². The molecule has 2 aliphatic carbocycles. The second-order valence-corrected chi connectivity index (χ2v) is 10.1. The van der Waals surface area contributed by atoms with E-state index in [1.54, 1.807) is 0 Å². The molecule has 6 heteroatoms. The Hall–Kier alpha value is -0.720. The number of rotatable bonds is 3. The molecular formula is C22H39FN4O. The van der Waals surface area contributed by atoms with E-state index in [0.717, 1.165) is 39.0 Å². The smallest absolute Gasteiger partial charge is 0.237 e. The molecule has 2 N–H and O–H groups in total. The molecule has 0 aromatic heterocycles. The molecule has 8 unspecified atom stereocenters. The van der Waals surface area contributed by atoms with Crippen LogP contribution in [0, 0.1) is 17.8 Å². The van der Waals surface area contributed by atoms with Crippen LogP contribution in [0.1, 0.15) is 52.4 Å². The Balaban J connectivity index is 1.33. The molecule has 1 amide bonds. The van der Waals surface area contributed by atoms with E-state index in [9.17, 15) is 9.18 Å². The Bertz CT molecular complexity index is 535. The first-order chi connectivity index (χ1) is 13.4. The van der Waals surface area contributed by atoms with Gasteiger partial charge in [-0.05, 0) is 57.4 Å². The summed E-state index contributed by atoms with van der Waals surface area (Å²) < 4.78 is 14.4. The second-order valence-electron chi connectivity index (χ2n) is 10.1. The zero-order chi connectivity index (χ0) is 19.8. The van der Waals surface area contributed by atoms with Gasteiger partial charge in [0.2, 0.25) is 5.91 Å². The van der Waals surface area contributed by atoms with Gasteiger partial charge >= 0.3 is 0 Å². The van der Waals surface area contributed by atoms with Crippen LogP contribution in [0.4, 0.5) is 4.39 Å². The van der Waals surface area contributed by atoms with E-state index in [0.29, 0.717) is 30.7 Å². The number of hydrogen-bond donors (Lipinski definition) is 2. The molecule has 4 rings (SSSR count). The summed E-state index contributed by atoms with van der Waals surface area (Å²) >= 11 is 0. The Morgan fingerprint density at radius 1 is 1.00 bits per heavy atom. The summed E-state index contributed by atoms with van der Waals surface area (Å²) in [7, 11) is 2.19. The van der Waals surface area contributed by atoms with Crippen molar-refractivity contribution in [3.05, 3.63) is 0 Å². The van der Waals surface area contributed by atoms with Crippen LogP contribution in [0.2, 0.25) is 0 Å². The lowest BCUT2D eigenvalue weighted by molar-refractivity contribution is -0.124. The zero-order valence-electron chi connectivity index (χ0n) is 17.9. The fourth-order valence-corrected chi connectivity index (χ4v) is 6.10. The van der Waals surface area contributed by atoms with Gasteiger partial charge in [0.1, 0.15) is 6.17 Å². The summed E-state index contributed by atoms with van der Waals surface area (Å²) in [6.07, 6.45) is 4.96. The molecule has 2 saturated heterocycles. The fourth-order valence-electron chi connectivity index (χ4n) is 6.10. The van der Waals surface area contributed by atoms with Crippen molar-refractivity contribution < 1.29 is 9.18 Å². The molecule has 0 bridgehead atoms. The van der Waals surface area contributed by atoms with E-state index < -0.39 is 6.17 Å². The average Bonchev–Trinajstić information content (AvgIpc) is 3.14. The molecule has 2 heterocycles. The Labute approximate surface area is 169 Å². The topological polar surface area (TPSA) is 47.6 Å². The third-order valence-electron chi connectivity index (χ3n) is 8.20. The molecule has 160 valence electrons. The van der Waals surface area contributed by atoms with E-state index in [4.69, 9.17) is 0 Å². The summed E-state index contributed by atoms with van der Waals surface area (Å²) in [5, 5.41) is 6.86. The van der Waals surface area contributed by atoms with Gasteiger partial charge in [0.25, 0.3) is 0 Å². The summed E-state index contributed by atoms with van der Waals surface area (Å²) in [5.41, 5.74) is 0. The molecule has 0 aromatic carbocycles. The number of nitrogens with zero attached hydrogens (tertiary/aromatic N) is 2. The zero-order valence-corrected chi connectivity index (χ0v) is 17.9. The molecular weight excluding hydrogens is 355 g/mol. The highest BCUT2D eigenvalue weighted by atomic mass is 19.1. The summed E-state index contributed by atoms with van der Waals surface area (Å²) in [6.45, 7) is 9.02. The number of nitrogens with one attached hydrogen (secondary N) is 2.